The minimum atomic E-state index is 1.26. The minimum Gasteiger partial charge on any atom is -0.0622 e. The maximum absolute atomic E-state index is 2.26. The fourth-order valence-corrected chi connectivity index (χ4v) is 16.8. The number of benzene rings is 21. The highest BCUT2D eigenvalue weighted by molar-refractivity contribution is 5.88. The molecule has 0 aliphatic heterocycles. The van der Waals surface area contributed by atoms with Crippen molar-refractivity contribution in [1.82, 2.24) is 0 Å². The highest BCUT2D eigenvalue weighted by Crippen LogP contribution is 2.39. The molecule has 0 aromatic heterocycles. The lowest BCUT2D eigenvalue weighted by Crippen LogP contribution is -1.87. The number of rotatable bonds is 14. The number of hydrogen-bond acceptors (Lipinski definition) is 0. The summed E-state index contributed by atoms with van der Waals surface area (Å²) >= 11 is 0. The number of aryl methyl sites for hydroxylation is 7. The molecule has 0 N–H and O–H groups in total. The smallest absolute Gasteiger partial charge is 0.0103 e. The van der Waals surface area contributed by atoms with Gasteiger partial charge in [-0.1, -0.05) is 551 Å². The maximum atomic E-state index is 2.26. The zero-order valence-corrected chi connectivity index (χ0v) is 77.0. The quantitative estimate of drug-likeness (QED) is 0.102. The molecule has 21 aromatic rings. The summed E-state index contributed by atoms with van der Waals surface area (Å²) in [6.07, 6.45) is 0. The average Bonchev–Trinajstić information content (AvgIpc) is 0.843. The first-order valence-corrected chi connectivity index (χ1v) is 45.9. The van der Waals surface area contributed by atoms with Crippen molar-refractivity contribution in [2.75, 3.05) is 0 Å². The van der Waals surface area contributed by atoms with E-state index in [2.05, 4.69) is 588 Å². The molecule has 0 amide bonds. The van der Waals surface area contributed by atoms with Crippen molar-refractivity contribution >= 4 is 0 Å². The Morgan fingerprint density at radius 3 is 0.526 bits per heavy atom. The molecule has 0 aliphatic carbocycles. The monoisotopic (exact) mass is 1710 g/mol. The zero-order chi connectivity index (χ0) is 91.6. The van der Waals surface area contributed by atoms with Gasteiger partial charge >= 0.3 is 0 Å². The van der Waals surface area contributed by atoms with Crippen LogP contribution in [-0.2, 0) is 0 Å². The fraction of sp³-hybridized carbons (Fsp3) is 0.0526. The van der Waals surface area contributed by atoms with Crippen molar-refractivity contribution in [3.8, 4) is 156 Å². The molecule has 0 saturated heterocycles. The third kappa shape index (κ3) is 25.4. The van der Waals surface area contributed by atoms with Crippen LogP contribution in [0, 0.1) is 48.5 Å². The van der Waals surface area contributed by atoms with Crippen LogP contribution < -0.4 is 0 Å². The molecular formula is C133H112. The largest absolute Gasteiger partial charge is 0.0622 e. The summed E-state index contributed by atoms with van der Waals surface area (Å²) in [6, 6.07) is 194. The van der Waals surface area contributed by atoms with Gasteiger partial charge in [-0.25, -0.2) is 0 Å². The molecule has 0 bridgehead atoms. The summed E-state index contributed by atoms with van der Waals surface area (Å²) in [5.74, 6) is 0. The van der Waals surface area contributed by atoms with E-state index in [4.69, 9.17) is 0 Å². The first-order valence-electron chi connectivity index (χ1n) is 45.9. The van der Waals surface area contributed by atoms with Crippen LogP contribution in [0.3, 0.4) is 0 Å². The molecule has 0 aliphatic rings. The summed E-state index contributed by atoms with van der Waals surface area (Å²) in [5.41, 5.74) is 44.9. The Morgan fingerprint density at radius 2 is 0.233 bits per heavy atom. The van der Waals surface area contributed by atoms with E-state index in [0.29, 0.717) is 0 Å². The molecule has 133 heavy (non-hydrogen) atoms. The van der Waals surface area contributed by atoms with E-state index in [1.807, 2.05) is 12.1 Å². The van der Waals surface area contributed by atoms with Crippen molar-refractivity contribution in [3.05, 3.63) is 591 Å². The summed E-state index contributed by atoms with van der Waals surface area (Å²) in [7, 11) is 0. The Hall–Kier alpha value is -16.4. The molecule has 0 spiro atoms. The fourth-order valence-electron chi connectivity index (χ4n) is 16.8. The zero-order valence-electron chi connectivity index (χ0n) is 77.0. The highest BCUT2D eigenvalue weighted by atomic mass is 14.2. The van der Waals surface area contributed by atoms with Crippen molar-refractivity contribution in [2.24, 2.45) is 0 Å². The van der Waals surface area contributed by atoms with Gasteiger partial charge in [0.2, 0.25) is 0 Å². The van der Waals surface area contributed by atoms with E-state index in [1.54, 1.807) is 0 Å². The number of hydrogen-bond donors (Lipinski definition) is 0. The highest BCUT2D eigenvalue weighted by Gasteiger charge is 2.13. The minimum absolute atomic E-state index is 1.26. The Labute approximate surface area is 789 Å². The van der Waals surface area contributed by atoms with Crippen molar-refractivity contribution in [2.45, 2.75) is 48.5 Å². The molecule has 0 nitrogen and oxygen atoms in total. The molecule has 0 unspecified atom stereocenters. The lowest BCUT2D eigenvalue weighted by Gasteiger charge is -2.12. The van der Waals surface area contributed by atoms with Crippen LogP contribution in [0.2, 0.25) is 0 Å². The topological polar surface area (TPSA) is 0 Å². The van der Waals surface area contributed by atoms with Gasteiger partial charge in [-0.05, 0) is 245 Å². The van der Waals surface area contributed by atoms with Crippen molar-refractivity contribution in [1.29, 1.82) is 0 Å². The van der Waals surface area contributed by atoms with E-state index in [0.717, 1.165) is 0 Å². The predicted molar refractivity (Wildman–Crippen MR) is 574 cm³/mol. The summed E-state index contributed by atoms with van der Waals surface area (Å²) in [5, 5.41) is 0. The van der Waals surface area contributed by atoms with Gasteiger partial charge in [-0.2, -0.15) is 0 Å². The van der Waals surface area contributed by atoms with Crippen LogP contribution in [0.15, 0.2) is 552 Å². The molecule has 21 rings (SSSR count). The van der Waals surface area contributed by atoms with Crippen LogP contribution in [0.1, 0.15) is 38.9 Å². The predicted octanol–water partition coefficient (Wildman–Crippen LogP) is 37.3. The normalized spacial score (nSPS) is 10.4. The van der Waals surface area contributed by atoms with Gasteiger partial charge in [0, 0.05) is 0 Å². The Balaban J connectivity index is 0.000000118. The van der Waals surface area contributed by atoms with Crippen LogP contribution in [-0.4, -0.2) is 0 Å². The van der Waals surface area contributed by atoms with Crippen LogP contribution >= 0.6 is 0 Å². The van der Waals surface area contributed by atoms with Gasteiger partial charge in [0.05, 0.1) is 0 Å². The van der Waals surface area contributed by atoms with Gasteiger partial charge in [0.15, 0.2) is 0 Å². The summed E-state index contributed by atoms with van der Waals surface area (Å²) in [6.45, 7) is 15.0. The first-order chi connectivity index (χ1) is 65.4. The van der Waals surface area contributed by atoms with Crippen LogP contribution in [0.5, 0.6) is 0 Å². The SMILES string of the molecule is Cc1cccc(-c2cccc(-c3ccccc3)c2)c1.Cc1cccc(-c2ccccc2-c2ccccc2)c1.Cc1cccc(-c2ccccc2-c2ccccc2)c1.Cc1ccccc1-c1ccc(-c2ccccc2)cc1.Cc1ccccc1-c1cccc(-c2ccccc2)c1.Cc1ccccc1-c1cccc(-c2ccccc2)c1.Cc1ccccc1-c1ccccc1-c1ccccc1. The van der Waals surface area contributed by atoms with Crippen LogP contribution in [0.4, 0.5) is 0 Å². The molecule has 0 fully saturated rings. The molecule has 644 valence electrons. The first kappa shape index (κ1) is 91.4. The second kappa shape index (κ2) is 47.1. The lowest BCUT2D eigenvalue weighted by atomic mass is 9.92. The van der Waals surface area contributed by atoms with Crippen molar-refractivity contribution in [3.63, 3.8) is 0 Å². The Bertz CT molecular complexity index is 6940. The Morgan fingerprint density at radius 1 is 0.0827 bits per heavy atom. The van der Waals surface area contributed by atoms with E-state index in [9.17, 15) is 0 Å². The summed E-state index contributed by atoms with van der Waals surface area (Å²) in [4.78, 5) is 0. The second-order valence-corrected chi connectivity index (χ2v) is 33.4. The lowest BCUT2D eigenvalue weighted by molar-refractivity contribution is 1.46. The molecule has 21 aromatic carbocycles. The van der Waals surface area contributed by atoms with Crippen LogP contribution in [0.25, 0.3) is 156 Å². The van der Waals surface area contributed by atoms with E-state index in [-0.39, 0.29) is 0 Å². The van der Waals surface area contributed by atoms with E-state index in [1.165, 1.54) is 195 Å². The van der Waals surface area contributed by atoms with E-state index >= 15 is 0 Å². The third-order valence-electron chi connectivity index (χ3n) is 23.7. The molecule has 0 atom stereocenters. The van der Waals surface area contributed by atoms with Crippen molar-refractivity contribution < 1.29 is 0 Å². The standard InChI is InChI=1S/7C19H16/c1-15-7-5-10-17(13-15)19-12-6-11-18(14-19)16-8-3-2-4-9-16;1-15-9-5-6-12-17(15)19-14-8-7-13-18(19)16-10-3-2-4-11-16;2*1-15-8-7-11-17(14-15)19-13-6-5-12-18(19)16-9-3-2-4-10-16;2*1-15-8-5-6-13-19(15)18-12-7-11-17(14-18)16-9-3-2-4-10-16;1-15-7-5-6-10-19(15)18-13-11-17(12-14-18)16-8-3-2-4-9-16/h7*2-14H,1H3. The molecular weight excluding hydrogens is 1600 g/mol. The molecule has 0 heterocycles. The van der Waals surface area contributed by atoms with Gasteiger partial charge in [-0.3, -0.25) is 0 Å². The molecule has 0 saturated carbocycles. The third-order valence-corrected chi connectivity index (χ3v) is 23.7. The van der Waals surface area contributed by atoms with Gasteiger partial charge in [0.25, 0.3) is 0 Å². The Kier molecular flexibility index (Phi) is 32.3. The van der Waals surface area contributed by atoms with Gasteiger partial charge in [-0.15, -0.1) is 0 Å². The molecule has 0 heteroatoms. The second-order valence-electron chi connectivity index (χ2n) is 33.4. The van der Waals surface area contributed by atoms with E-state index < -0.39 is 0 Å². The maximum Gasteiger partial charge on any atom is -0.0103 e. The van der Waals surface area contributed by atoms with Gasteiger partial charge < -0.3 is 0 Å². The van der Waals surface area contributed by atoms with Gasteiger partial charge in [0.1, 0.15) is 0 Å². The molecule has 0 radical (unpaired) electrons. The summed E-state index contributed by atoms with van der Waals surface area (Å²) < 4.78 is 0. The average molecular weight is 1710 g/mol.